The van der Waals surface area contributed by atoms with Crippen LogP contribution in [0.3, 0.4) is 0 Å². The summed E-state index contributed by atoms with van der Waals surface area (Å²) in [5.41, 5.74) is 6.31. The summed E-state index contributed by atoms with van der Waals surface area (Å²) >= 11 is 0. The third-order valence-electron chi connectivity index (χ3n) is 1.46. The van der Waals surface area contributed by atoms with E-state index in [1.807, 2.05) is 13.0 Å². The van der Waals surface area contributed by atoms with E-state index in [2.05, 4.69) is 15.3 Å². The van der Waals surface area contributed by atoms with Crippen LogP contribution in [0.1, 0.15) is 12.1 Å². The Balaban J connectivity index is 2.41. The second-order valence-electron chi connectivity index (χ2n) is 2.59. The van der Waals surface area contributed by atoms with E-state index in [0.717, 1.165) is 18.7 Å². The van der Waals surface area contributed by atoms with Gasteiger partial charge in [-0.25, -0.2) is 9.97 Å². The van der Waals surface area contributed by atoms with E-state index in [9.17, 15) is 0 Å². The molecule has 0 fully saturated rings. The van der Waals surface area contributed by atoms with E-state index in [0.29, 0.717) is 12.5 Å². The average molecular weight is 166 g/mol. The summed E-state index contributed by atoms with van der Waals surface area (Å²) in [5, 5.41) is 3.08. The predicted octanol–water partition coefficient (Wildman–Crippen LogP) is 0.546. The summed E-state index contributed by atoms with van der Waals surface area (Å²) in [5.74, 6) is 0.684. The third kappa shape index (κ3) is 2.84. The first-order valence-corrected chi connectivity index (χ1v) is 4.06. The van der Waals surface area contributed by atoms with Gasteiger partial charge in [0.1, 0.15) is 0 Å². The summed E-state index contributed by atoms with van der Waals surface area (Å²) in [6.07, 6.45) is 2.68. The molecule has 4 heteroatoms. The van der Waals surface area contributed by atoms with E-state index in [1.165, 1.54) is 0 Å². The van der Waals surface area contributed by atoms with Crippen molar-refractivity contribution in [3.05, 3.63) is 18.0 Å². The van der Waals surface area contributed by atoms with Gasteiger partial charge in [0, 0.05) is 18.4 Å². The highest BCUT2D eigenvalue weighted by molar-refractivity contribution is 5.24. The maximum atomic E-state index is 5.34. The van der Waals surface area contributed by atoms with Crippen LogP contribution in [0.15, 0.2) is 12.3 Å². The maximum Gasteiger partial charge on any atom is 0.222 e. The van der Waals surface area contributed by atoms with Gasteiger partial charge in [-0.2, -0.15) is 0 Å². The van der Waals surface area contributed by atoms with Gasteiger partial charge in [0.2, 0.25) is 5.95 Å². The van der Waals surface area contributed by atoms with Gasteiger partial charge in [0.15, 0.2) is 0 Å². The number of nitrogens with two attached hydrogens (primary N) is 1. The molecule has 0 spiro atoms. The molecular formula is C8H14N4. The maximum absolute atomic E-state index is 5.34. The van der Waals surface area contributed by atoms with Crippen molar-refractivity contribution < 1.29 is 0 Å². The minimum absolute atomic E-state index is 0.684. The fourth-order valence-corrected chi connectivity index (χ4v) is 0.836. The van der Waals surface area contributed by atoms with Gasteiger partial charge in [0.05, 0.1) is 0 Å². The molecule has 1 rings (SSSR count). The van der Waals surface area contributed by atoms with Gasteiger partial charge >= 0.3 is 0 Å². The van der Waals surface area contributed by atoms with Crippen molar-refractivity contribution in [1.82, 2.24) is 9.97 Å². The molecule has 1 aromatic heterocycles. The third-order valence-corrected chi connectivity index (χ3v) is 1.46. The van der Waals surface area contributed by atoms with Crippen LogP contribution in [-0.4, -0.2) is 23.1 Å². The zero-order valence-corrected chi connectivity index (χ0v) is 7.25. The smallest absolute Gasteiger partial charge is 0.222 e. The van der Waals surface area contributed by atoms with Gasteiger partial charge in [-0.05, 0) is 26.0 Å². The van der Waals surface area contributed by atoms with E-state index in [4.69, 9.17) is 5.73 Å². The molecule has 0 radical (unpaired) electrons. The monoisotopic (exact) mass is 166 g/mol. The molecule has 0 aliphatic heterocycles. The largest absolute Gasteiger partial charge is 0.354 e. The number of hydrogen-bond donors (Lipinski definition) is 2. The summed E-state index contributed by atoms with van der Waals surface area (Å²) in [6.45, 7) is 3.47. The van der Waals surface area contributed by atoms with Gasteiger partial charge in [-0.1, -0.05) is 0 Å². The number of aryl methyl sites for hydroxylation is 1. The van der Waals surface area contributed by atoms with Crippen LogP contribution in [0.2, 0.25) is 0 Å². The number of rotatable bonds is 4. The van der Waals surface area contributed by atoms with Crippen molar-refractivity contribution in [2.75, 3.05) is 18.4 Å². The van der Waals surface area contributed by atoms with Crippen LogP contribution in [-0.2, 0) is 0 Å². The van der Waals surface area contributed by atoms with Gasteiger partial charge in [-0.3, -0.25) is 0 Å². The standard InChI is InChI=1S/C8H14N4/c1-7-3-6-11-8(12-7)10-5-2-4-9/h3,6H,2,4-5,9H2,1H3,(H,10,11,12). The fourth-order valence-electron chi connectivity index (χ4n) is 0.836. The van der Waals surface area contributed by atoms with E-state index < -0.39 is 0 Å². The Morgan fingerprint density at radius 2 is 2.42 bits per heavy atom. The van der Waals surface area contributed by atoms with Crippen LogP contribution in [0.5, 0.6) is 0 Å². The Bertz CT molecular complexity index is 236. The Morgan fingerprint density at radius 1 is 1.58 bits per heavy atom. The Kier molecular flexibility index (Phi) is 3.47. The van der Waals surface area contributed by atoms with Crippen molar-refractivity contribution in [3.8, 4) is 0 Å². The van der Waals surface area contributed by atoms with E-state index in [1.54, 1.807) is 6.20 Å². The lowest BCUT2D eigenvalue weighted by Crippen LogP contribution is -2.10. The normalized spacial score (nSPS) is 9.83. The predicted molar refractivity (Wildman–Crippen MR) is 48.9 cm³/mol. The van der Waals surface area contributed by atoms with Crippen molar-refractivity contribution in [3.63, 3.8) is 0 Å². The Hall–Kier alpha value is -1.16. The molecule has 0 saturated carbocycles. The van der Waals surface area contributed by atoms with Crippen LogP contribution in [0, 0.1) is 6.92 Å². The minimum Gasteiger partial charge on any atom is -0.354 e. The lowest BCUT2D eigenvalue weighted by molar-refractivity contribution is 0.862. The topological polar surface area (TPSA) is 63.8 Å². The van der Waals surface area contributed by atoms with Crippen LogP contribution < -0.4 is 11.1 Å². The van der Waals surface area contributed by atoms with E-state index in [-0.39, 0.29) is 0 Å². The molecule has 12 heavy (non-hydrogen) atoms. The number of nitrogens with zero attached hydrogens (tertiary/aromatic N) is 2. The Morgan fingerprint density at radius 3 is 3.08 bits per heavy atom. The molecule has 1 aromatic rings. The van der Waals surface area contributed by atoms with Gasteiger partial charge < -0.3 is 11.1 Å². The highest BCUT2D eigenvalue weighted by Crippen LogP contribution is 1.97. The summed E-state index contributed by atoms with van der Waals surface area (Å²) in [6, 6.07) is 1.87. The average Bonchev–Trinajstić information content (AvgIpc) is 2.05. The van der Waals surface area contributed by atoms with Crippen LogP contribution in [0.25, 0.3) is 0 Å². The van der Waals surface area contributed by atoms with Crippen LogP contribution in [0.4, 0.5) is 5.95 Å². The summed E-state index contributed by atoms with van der Waals surface area (Å²) in [4.78, 5) is 8.23. The summed E-state index contributed by atoms with van der Waals surface area (Å²) in [7, 11) is 0. The molecule has 66 valence electrons. The van der Waals surface area contributed by atoms with Crippen molar-refractivity contribution >= 4 is 5.95 Å². The molecule has 0 aliphatic rings. The summed E-state index contributed by atoms with van der Waals surface area (Å²) < 4.78 is 0. The molecule has 0 aliphatic carbocycles. The van der Waals surface area contributed by atoms with Gasteiger partial charge in [0.25, 0.3) is 0 Å². The molecule has 1 heterocycles. The van der Waals surface area contributed by atoms with E-state index >= 15 is 0 Å². The molecule has 4 nitrogen and oxygen atoms in total. The zero-order valence-electron chi connectivity index (χ0n) is 7.25. The van der Waals surface area contributed by atoms with Crippen molar-refractivity contribution in [1.29, 1.82) is 0 Å². The number of aromatic nitrogens is 2. The Labute approximate surface area is 72.2 Å². The quantitative estimate of drug-likeness (QED) is 0.641. The zero-order chi connectivity index (χ0) is 8.81. The molecule has 0 aromatic carbocycles. The number of nitrogens with one attached hydrogen (secondary N) is 1. The lowest BCUT2D eigenvalue weighted by atomic mass is 10.4. The molecule has 0 unspecified atom stereocenters. The van der Waals surface area contributed by atoms with Crippen molar-refractivity contribution in [2.45, 2.75) is 13.3 Å². The second kappa shape index (κ2) is 4.66. The first-order chi connectivity index (χ1) is 5.83. The highest BCUT2D eigenvalue weighted by atomic mass is 15.1. The molecule has 0 saturated heterocycles. The highest BCUT2D eigenvalue weighted by Gasteiger charge is 1.92. The molecule has 0 amide bonds. The molecular weight excluding hydrogens is 152 g/mol. The first kappa shape index (κ1) is 8.93. The molecule has 0 bridgehead atoms. The number of hydrogen-bond acceptors (Lipinski definition) is 4. The second-order valence-corrected chi connectivity index (χ2v) is 2.59. The van der Waals surface area contributed by atoms with Crippen LogP contribution >= 0.6 is 0 Å². The number of anilines is 1. The minimum atomic E-state index is 0.684. The molecule has 0 atom stereocenters. The van der Waals surface area contributed by atoms with Crippen molar-refractivity contribution in [2.24, 2.45) is 5.73 Å². The fraction of sp³-hybridized carbons (Fsp3) is 0.500. The first-order valence-electron chi connectivity index (χ1n) is 4.06. The van der Waals surface area contributed by atoms with Gasteiger partial charge in [-0.15, -0.1) is 0 Å². The SMILES string of the molecule is Cc1ccnc(NCCCN)n1. The molecule has 3 N–H and O–H groups in total. The lowest BCUT2D eigenvalue weighted by Gasteiger charge is -2.02.